The van der Waals surface area contributed by atoms with Crippen molar-refractivity contribution in [3.8, 4) is 0 Å². The zero-order valence-corrected chi connectivity index (χ0v) is 13.1. The van der Waals surface area contributed by atoms with E-state index in [1.807, 2.05) is 18.4 Å². The standard InChI is InChI=1S/C15H15FN4OS/c1-3-19-11-6-5-10(16)9-13(11)22-15(19)18-14(21)12-7-8-17-20(12)4-2/h5-9H,3-4H2,1-2H3. The van der Waals surface area contributed by atoms with Crippen LogP contribution in [0.25, 0.3) is 10.2 Å². The predicted octanol–water partition coefficient (Wildman–Crippen LogP) is 2.82. The Morgan fingerprint density at radius 2 is 2.14 bits per heavy atom. The maximum absolute atomic E-state index is 13.4. The minimum Gasteiger partial charge on any atom is -0.317 e. The van der Waals surface area contributed by atoms with Crippen LogP contribution < -0.4 is 4.80 Å². The van der Waals surface area contributed by atoms with Gasteiger partial charge in [-0.25, -0.2) is 4.39 Å². The van der Waals surface area contributed by atoms with Crippen molar-refractivity contribution in [2.24, 2.45) is 4.99 Å². The third-order valence-corrected chi connectivity index (χ3v) is 4.43. The molecule has 22 heavy (non-hydrogen) atoms. The zero-order chi connectivity index (χ0) is 15.7. The van der Waals surface area contributed by atoms with E-state index in [-0.39, 0.29) is 11.7 Å². The molecular formula is C15H15FN4OS. The van der Waals surface area contributed by atoms with E-state index in [1.165, 1.54) is 23.5 Å². The number of nitrogens with zero attached hydrogens (tertiary/aromatic N) is 4. The van der Waals surface area contributed by atoms with Crippen LogP contribution in [0.3, 0.4) is 0 Å². The first-order chi connectivity index (χ1) is 10.6. The minimum absolute atomic E-state index is 0.293. The van der Waals surface area contributed by atoms with Crippen LogP contribution in [-0.2, 0) is 13.1 Å². The van der Waals surface area contributed by atoms with Gasteiger partial charge in [0.05, 0.1) is 10.2 Å². The summed E-state index contributed by atoms with van der Waals surface area (Å²) in [6.07, 6.45) is 1.58. The van der Waals surface area contributed by atoms with Crippen LogP contribution in [0.15, 0.2) is 35.5 Å². The van der Waals surface area contributed by atoms with E-state index in [0.29, 0.717) is 23.6 Å². The maximum atomic E-state index is 13.4. The highest BCUT2D eigenvalue weighted by Crippen LogP contribution is 2.18. The lowest BCUT2D eigenvalue weighted by Gasteiger charge is -2.01. The lowest BCUT2D eigenvalue weighted by Crippen LogP contribution is -2.17. The normalized spacial score (nSPS) is 12.2. The lowest BCUT2D eigenvalue weighted by molar-refractivity contribution is 0.0987. The molecule has 5 nitrogen and oxygen atoms in total. The quantitative estimate of drug-likeness (QED) is 0.745. The van der Waals surface area contributed by atoms with Crippen molar-refractivity contribution in [3.05, 3.63) is 46.8 Å². The molecule has 0 atom stereocenters. The van der Waals surface area contributed by atoms with Gasteiger partial charge in [0.2, 0.25) is 0 Å². The SMILES string of the molecule is CCn1nccc1C(=O)N=c1sc2cc(F)ccc2n1CC. The predicted molar refractivity (Wildman–Crippen MR) is 83.2 cm³/mol. The average Bonchev–Trinajstić information content (AvgIpc) is 3.09. The summed E-state index contributed by atoms with van der Waals surface area (Å²) in [4.78, 5) is 17.1. The van der Waals surface area contributed by atoms with Crippen molar-refractivity contribution < 1.29 is 9.18 Å². The van der Waals surface area contributed by atoms with Crippen molar-refractivity contribution >= 4 is 27.5 Å². The van der Waals surface area contributed by atoms with Crippen molar-refractivity contribution in [1.82, 2.24) is 14.3 Å². The van der Waals surface area contributed by atoms with Gasteiger partial charge in [0.25, 0.3) is 5.91 Å². The second kappa shape index (κ2) is 5.84. The molecule has 0 bridgehead atoms. The first-order valence-corrected chi connectivity index (χ1v) is 7.85. The third-order valence-electron chi connectivity index (χ3n) is 3.39. The largest absolute Gasteiger partial charge is 0.317 e. The Bertz CT molecular complexity index is 906. The average molecular weight is 318 g/mol. The van der Waals surface area contributed by atoms with Crippen molar-refractivity contribution in [1.29, 1.82) is 0 Å². The van der Waals surface area contributed by atoms with Crippen molar-refractivity contribution in [2.45, 2.75) is 26.9 Å². The number of hydrogen-bond donors (Lipinski definition) is 0. The summed E-state index contributed by atoms with van der Waals surface area (Å²) >= 11 is 1.31. The summed E-state index contributed by atoms with van der Waals surface area (Å²) in [6.45, 7) is 5.15. The Balaban J connectivity index is 2.14. The maximum Gasteiger partial charge on any atom is 0.297 e. The number of aromatic nitrogens is 3. The van der Waals surface area contributed by atoms with Crippen LogP contribution in [0, 0.1) is 5.82 Å². The Kier molecular flexibility index (Phi) is 3.89. The summed E-state index contributed by atoms with van der Waals surface area (Å²) in [5.41, 5.74) is 1.33. The molecule has 0 aliphatic carbocycles. The van der Waals surface area contributed by atoms with Crippen molar-refractivity contribution in [3.63, 3.8) is 0 Å². The molecule has 3 rings (SSSR count). The van der Waals surface area contributed by atoms with Gasteiger partial charge in [-0.3, -0.25) is 9.48 Å². The van der Waals surface area contributed by atoms with Gasteiger partial charge in [-0.1, -0.05) is 11.3 Å². The van der Waals surface area contributed by atoms with Gasteiger partial charge in [-0.2, -0.15) is 10.1 Å². The molecule has 114 valence electrons. The number of carbonyl (C=O) groups excluding carboxylic acids is 1. The Morgan fingerprint density at radius 1 is 1.32 bits per heavy atom. The smallest absolute Gasteiger partial charge is 0.297 e. The van der Waals surface area contributed by atoms with Gasteiger partial charge >= 0.3 is 0 Å². The van der Waals surface area contributed by atoms with Crippen molar-refractivity contribution in [2.75, 3.05) is 0 Å². The molecule has 7 heteroatoms. The molecular weight excluding hydrogens is 303 g/mol. The Morgan fingerprint density at radius 3 is 2.86 bits per heavy atom. The fraction of sp³-hybridized carbons (Fsp3) is 0.267. The van der Waals surface area contributed by atoms with Gasteiger partial charge in [0.1, 0.15) is 11.5 Å². The van der Waals surface area contributed by atoms with Gasteiger partial charge < -0.3 is 4.57 Å². The third kappa shape index (κ3) is 2.48. The van der Waals surface area contributed by atoms with Crippen LogP contribution >= 0.6 is 11.3 Å². The van der Waals surface area contributed by atoms with Gasteiger partial charge in [-0.15, -0.1) is 0 Å². The summed E-state index contributed by atoms with van der Waals surface area (Å²) < 4.78 is 17.6. The number of carbonyl (C=O) groups is 1. The van der Waals surface area contributed by atoms with Crippen LogP contribution in [0.5, 0.6) is 0 Å². The molecule has 0 saturated heterocycles. The number of halogens is 1. The summed E-state index contributed by atoms with van der Waals surface area (Å²) in [7, 11) is 0. The van der Waals surface area contributed by atoms with E-state index >= 15 is 0 Å². The molecule has 0 saturated carbocycles. The van der Waals surface area contributed by atoms with Crippen LogP contribution in [0.4, 0.5) is 4.39 Å². The van der Waals surface area contributed by atoms with E-state index < -0.39 is 0 Å². The Labute approximate surface area is 130 Å². The number of hydrogen-bond acceptors (Lipinski definition) is 3. The summed E-state index contributed by atoms with van der Waals surface area (Å²) in [6, 6.07) is 6.24. The van der Waals surface area contributed by atoms with E-state index in [2.05, 4.69) is 10.1 Å². The van der Waals surface area contributed by atoms with E-state index in [4.69, 9.17) is 0 Å². The van der Waals surface area contributed by atoms with Crippen LogP contribution in [-0.4, -0.2) is 20.3 Å². The molecule has 0 aliphatic heterocycles. The lowest BCUT2D eigenvalue weighted by atomic mass is 10.3. The number of fused-ring (bicyclic) bond motifs is 1. The second-order valence-corrected chi connectivity index (χ2v) is 5.70. The molecule has 0 N–H and O–H groups in total. The summed E-state index contributed by atoms with van der Waals surface area (Å²) in [5.74, 6) is -0.632. The highest BCUT2D eigenvalue weighted by molar-refractivity contribution is 7.16. The molecule has 0 unspecified atom stereocenters. The van der Waals surface area contributed by atoms with E-state index in [0.717, 1.165) is 10.2 Å². The highest BCUT2D eigenvalue weighted by atomic mass is 32.1. The van der Waals surface area contributed by atoms with Crippen LogP contribution in [0.2, 0.25) is 0 Å². The molecule has 0 fully saturated rings. The van der Waals surface area contributed by atoms with Gasteiger partial charge in [0, 0.05) is 19.3 Å². The summed E-state index contributed by atoms with van der Waals surface area (Å²) in [5, 5.41) is 4.08. The molecule has 3 aromatic rings. The first-order valence-electron chi connectivity index (χ1n) is 7.03. The molecule has 0 aliphatic rings. The van der Waals surface area contributed by atoms with E-state index in [1.54, 1.807) is 23.0 Å². The number of thiazole rings is 1. The molecule has 1 aromatic carbocycles. The monoisotopic (exact) mass is 318 g/mol. The Hall–Kier alpha value is -2.28. The number of aryl methyl sites for hydroxylation is 2. The topological polar surface area (TPSA) is 52.2 Å². The number of benzene rings is 1. The molecule has 2 heterocycles. The second-order valence-electron chi connectivity index (χ2n) is 4.69. The number of rotatable bonds is 3. The molecule has 2 aromatic heterocycles. The van der Waals surface area contributed by atoms with Crippen LogP contribution in [0.1, 0.15) is 24.3 Å². The van der Waals surface area contributed by atoms with E-state index in [9.17, 15) is 9.18 Å². The first kappa shape index (κ1) is 14.6. The molecule has 0 radical (unpaired) electrons. The molecule has 0 spiro atoms. The highest BCUT2D eigenvalue weighted by Gasteiger charge is 2.12. The zero-order valence-electron chi connectivity index (χ0n) is 12.3. The fourth-order valence-electron chi connectivity index (χ4n) is 2.35. The minimum atomic E-state index is -0.339. The van der Waals surface area contributed by atoms with Gasteiger partial charge in [-0.05, 0) is 38.1 Å². The van der Waals surface area contributed by atoms with Gasteiger partial charge in [0.15, 0.2) is 4.80 Å². The molecule has 1 amide bonds. The fourth-order valence-corrected chi connectivity index (χ4v) is 3.47. The number of amides is 1.